The van der Waals surface area contributed by atoms with E-state index in [2.05, 4.69) is 24.4 Å². The molecule has 0 atom stereocenters. The van der Waals surface area contributed by atoms with Crippen LogP contribution in [0.25, 0.3) is 0 Å². The average Bonchev–Trinajstić information content (AvgIpc) is 2.36. The lowest BCUT2D eigenvalue weighted by Gasteiger charge is -2.13. The van der Waals surface area contributed by atoms with Gasteiger partial charge in [-0.25, -0.2) is 4.79 Å². The number of esters is 1. The van der Waals surface area contributed by atoms with E-state index in [0.717, 1.165) is 17.7 Å². The molecule has 1 aromatic rings. The van der Waals surface area contributed by atoms with Gasteiger partial charge in [0, 0.05) is 0 Å². The zero-order valence-corrected chi connectivity index (χ0v) is 10.2. The van der Waals surface area contributed by atoms with Crippen molar-refractivity contribution in [3.63, 3.8) is 0 Å². The molecule has 17 heavy (non-hydrogen) atoms. The number of carbonyl (C=O) groups excluding carboxylic acids is 1. The summed E-state index contributed by atoms with van der Waals surface area (Å²) >= 11 is 0. The van der Waals surface area contributed by atoms with E-state index in [4.69, 9.17) is 4.74 Å². The molecular formula is C13H18N2O2. The van der Waals surface area contributed by atoms with Gasteiger partial charge in [0.05, 0.1) is 12.3 Å². The number of ether oxygens (including phenoxy) is 1. The lowest BCUT2D eigenvalue weighted by Crippen LogP contribution is -2.27. The van der Waals surface area contributed by atoms with Crippen molar-refractivity contribution in [1.82, 2.24) is 5.43 Å². The first-order valence-electron chi connectivity index (χ1n) is 5.65. The fourth-order valence-electron chi connectivity index (χ4n) is 1.36. The molecule has 0 aromatic heterocycles. The number of aryl methyl sites for hydroxylation is 1. The van der Waals surface area contributed by atoms with Crippen LogP contribution in [-0.2, 0) is 16.0 Å². The number of hydrogen-bond donors (Lipinski definition) is 2. The summed E-state index contributed by atoms with van der Waals surface area (Å²) in [5, 5.41) is 0. The van der Waals surface area contributed by atoms with Crippen LogP contribution < -0.4 is 10.9 Å². The largest absolute Gasteiger partial charge is 0.461 e. The number of carbonyl (C=O) groups is 1. The third kappa shape index (κ3) is 3.83. The van der Waals surface area contributed by atoms with Crippen molar-refractivity contribution >= 4 is 11.7 Å². The van der Waals surface area contributed by atoms with Gasteiger partial charge in [0.1, 0.15) is 5.70 Å². The number of hydrogen-bond acceptors (Lipinski definition) is 4. The van der Waals surface area contributed by atoms with Crippen LogP contribution in [0.2, 0.25) is 0 Å². The van der Waals surface area contributed by atoms with E-state index in [-0.39, 0.29) is 5.70 Å². The molecule has 1 rings (SSSR count). The van der Waals surface area contributed by atoms with Crippen molar-refractivity contribution in [2.75, 3.05) is 12.0 Å². The van der Waals surface area contributed by atoms with Gasteiger partial charge in [-0.3, -0.25) is 5.43 Å². The maximum absolute atomic E-state index is 11.3. The standard InChI is InChI=1S/C13H18N2O2/c1-4-11-8-6-7-9-12(11)15-14-10(3)13(16)17-5-2/h6-9,14-15H,3-5H2,1-2H3. The Bertz CT molecular complexity index is 402. The van der Waals surface area contributed by atoms with Crippen LogP contribution in [0.5, 0.6) is 0 Å². The SMILES string of the molecule is C=C(NNc1ccccc1CC)C(=O)OCC. The maximum Gasteiger partial charge on any atom is 0.355 e. The average molecular weight is 234 g/mol. The molecule has 0 radical (unpaired) electrons. The molecule has 92 valence electrons. The molecule has 4 heteroatoms. The van der Waals surface area contributed by atoms with Gasteiger partial charge in [-0.1, -0.05) is 31.7 Å². The van der Waals surface area contributed by atoms with Crippen molar-refractivity contribution in [2.45, 2.75) is 20.3 Å². The van der Waals surface area contributed by atoms with Gasteiger partial charge in [-0.2, -0.15) is 0 Å². The van der Waals surface area contributed by atoms with Crippen LogP contribution >= 0.6 is 0 Å². The van der Waals surface area contributed by atoms with E-state index in [0.29, 0.717) is 6.61 Å². The van der Waals surface area contributed by atoms with Crippen LogP contribution in [0.15, 0.2) is 36.5 Å². The molecule has 0 saturated carbocycles. The molecule has 0 saturated heterocycles. The summed E-state index contributed by atoms with van der Waals surface area (Å²) in [6.45, 7) is 7.76. The Morgan fingerprint density at radius 3 is 2.71 bits per heavy atom. The molecule has 1 aromatic carbocycles. The van der Waals surface area contributed by atoms with Crippen LogP contribution in [0.3, 0.4) is 0 Å². The Hall–Kier alpha value is -1.97. The first kappa shape index (κ1) is 13.1. The van der Waals surface area contributed by atoms with Gasteiger partial charge in [0.2, 0.25) is 0 Å². The molecule has 0 aliphatic heterocycles. The fourth-order valence-corrected chi connectivity index (χ4v) is 1.36. The third-order valence-electron chi connectivity index (χ3n) is 2.27. The predicted octanol–water partition coefficient (Wildman–Crippen LogP) is 2.24. The minimum absolute atomic E-state index is 0.192. The van der Waals surface area contributed by atoms with E-state index >= 15 is 0 Å². The van der Waals surface area contributed by atoms with E-state index < -0.39 is 5.97 Å². The van der Waals surface area contributed by atoms with Crippen LogP contribution in [0.1, 0.15) is 19.4 Å². The highest BCUT2D eigenvalue weighted by Gasteiger charge is 2.07. The number of anilines is 1. The first-order valence-corrected chi connectivity index (χ1v) is 5.65. The highest BCUT2D eigenvalue weighted by atomic mass is 16.5. The Balaban J connectivity index is 2.55. The van der Waals surface area contributed by atoms with Crippen molar-refractivity contribution < 1.29 is 9.53 Å². The van der Waals surface area contributed by atoms with Crippen molar-refractivity contribution in [3.8, 4) is 0 Å². The van der Waals surface area contributed by atoms with Gasteiger partial charge in [0.15, 0.2) is 0 Å². The van der Waals surface area contributed by atoms with Crippen LogP contribution in [0.4, 0.5) is 5.69 Å². The number of rotatable bonds is 6. The number of benzene rings is 1. The summed E-state index contributed by atoms with van der Waals surface area (Å²) in [4.78, 5) is 11.3. The number of hydrazine groups is 1. The molecule has 0 spiro atoms. The van der Waals surface area contributed by atoms with Crippen molar-refractivity contribution in [3.05, 3.63) is 42.1 Å². The lowest BCUT2D eigenvalue weighted by atomic mass is 10.1. The van der Waals surface area contributed by atoms with Gasteiger partial charge in [0.25, 0.3) is 0 Å². The second-order valence-corrected chi connectivity index (χ2v) is 3.46. The van der Waals surface area contributed by atoms with Crippen LogP contribution in [-0.4, -0.2) is 12.6 Å². The topological polar surface area (TPSA) is 50.4 Å². The quantitative estimate of drug-likeness (QED) is 0.450. The first-order chi connectivity index (χ1) is 8.19. The second-order valence-electron chi connectivity index (χ2n) is 3.46. The summed E-state index contributed by atoms with van der Waals surface area (Å²) in [6, 6.07) is 7.86. The van der Waals surface area contributed by atoms with Gasteiger partial charge in [-0.15, -0.1) is 0 Å². The molecule has 0 fully saturated rings. The Morgan fingerprint density at radius 2 is 2.06 bits per heavy atom. The zero-order valence-electron chi connectivity index (χ0n) is 10.2. The molecule has 0 amide bonds. The van der Waals surface area contributed by atoms with Gasteiger partial charge >= 0.3 is 5.97 Å². The summed E-state index contributed by atoms with van der Waals surface area (Å²) in [5.41, 5.74) is 7.98. The summed E-state index contributed by atoms with van der Waals surface area (Å²) < 4.78 is 4.81. The Kier molecular flexibility index (Phi) is 5.07. The monoisotopic (exact) mass is 234 g/mol. The smallest absolute Gasteiger partial charge is 0.355 e. The predicted molar refractivity (Wildman–Crippen MR) is 68.4 cm³/mol. The zero-order chi connectivity index (χ0) is 12.7. The van der Waals surface area contributed by atoms with Crippen molar-refractivity contribution in [1.29, 1.82) is 0 Å². The highest BCUT2D eigenvalue weighted by molar-refractivity contribution is 5.87. The molecule has 0 unspecified atom stereocenters. The number of para-hydroxylation sites is 1. The fraction of sp³-hybridized carbons (Fsp3) is 0.308. The Morgan fingerprint density at radius 1 is 1.35 bits per heavy atom. The lowest BCUT2D eigenvalue weighted by molar-refractivity contribution is -0.138. The van der Waals surface area contributed by atoms with Gasteiger partial charge in [-0.05, 0) is 25.0 Å². The summed E-state index contributed by atoms with van der Waals surface area (Å²) in [5.74, 6) is -0.450. The van der Waals surface area contributed by atoms with E-state index in [1.807, 2.05) is 24.3 Å². The molecular weight excluding hydrogens is 216 g/mol. The molecule has 4 nitrogen and oxygen atoms in total. The number of nitrogens with one attached hydrogen (secondary N) is 2. The summed E-state index contributed by atoms with van der Waals surface area (Å²) in [7, 11) is 0. The minimum atomic E-state index is -0.450. The molecule has 0 aliphatic rings. The second kappa shape index (κ2) is 6.58. The molecule has 0 bridgehead atoms. The normalized spacial score (nSPS) is 9.53. The third-order valence-corrected chi connectivity index (χ3v) is 2.27. The van der Waals surface area contributed by atoms with E-state index in [1.165, 1.54) is 0 Å². The van der Waals surface area contributed by atoms with Crippen LogP contribution in [0, 0.1) is 0 Å². The van der Waals surface area contributed by atoms with Gasteiger partial charge < -0.3 is 10.2 Å². The van der Waals surface area contributed by atoms with E-state index in [9.17, 15) is 4.79 Å². The molecule has 0 heterocycles. The van der Waals surface area contributed by atoms with Crippen molar-refractivity contribution in [2.24, 2.45) is 0 Å². The maximum atomic E-state index is 11.3. The summed E-state index contributed by atoms with van der Waals surface area (Å²) in [6.07, 6.45) is 0.913. The Labute approximate surface area is 102 Å². The molecule has 2 N–H and O–H groups in total. The molecule has 0 aliphatic carbocycles. The van der Waals surface area contributed by atoms with E-state index in [1.54, 1.807) is 6.92 Å². The highest BCUT2D eigenvalue weighted by Crippen LogP contribution is 2.14. The minimum Gasteiger partial charge on any atom is -0.461 e.